The van der Waals surface area contributed by atoms with Crippen molar-refractivity contribution in [3.05, 3.63) is 17.5 Å². The van der Waals surface area contributed by atoms with Gasteiger partial charge in [-0.25, -0.2) is 4.79 Å². The fraction of sp³-hybridized carbons (Fsp3) is 0.500. The van der Waals surface area contributed by atoms with Gasteiger partial charge < -0.3 is 10.1 Å². The first kappa shape index (κ1) is 8.25. The molecule has 0 radical (unpaired) electrons. The summed E-state index contributed by atoms with van der Waals surface area (Å²) in [5, 5.41) is 7.09. The summed E-state index contributed by atoms with van der Waals surface area (Å²) in [6.07, 6.45) is 1.30. The zero-order valence-electron chi connectivity index (χ0n) is 7.41. The maximum Gasteiger partial charge on any atom is 0.434 e. The lowest BCUT2D eigenvalue weighted by Crippen LogP contribution is -2.18. The van der Waals surface area contributed by atoms with Crippen LogP contribution < -0.4 is 5.32 Å². The molecule has 1 aromatic heterocycles. The van der Waals surface area contributed by atoms with E-state index in [0.29, 0.717) is 13.2 Å². The van der Waals surface area contributed by atoms with Crippen molar-refractivity contribution in [1.82, 2.24) is 15.1 Å². The maximum atomic E-state index is 11.3. The van der Waals surface area contributed by atoms with Gasteiger partial charge in [0.25, 0.3) is 0 Å². The third-order valence-corrected chi connectivity index (χ3v) is 2.00. The average Bonchev–Trinajstić information content (AvgIpc) is 2.62. The Morgan fingerprint density at radius 3 is 3.38 bits per heavy atom. The minimum Gasteiger partial charge on any atom is -0.448 e. The molecular weight excluding hydrogens is 170 g/mol. The standard InChI is InChI=1S/C8H11N3O2/c1-2-13-8(12)11-7-5-9-3-6(7)4-10-11/h4,9H,2-3,5H2,1H3. The quantitative estimate of drug-likeness (QED) is 0.685. The average molecular weight is 181 g/mol. The number of hydrogen-bond acceptors (Lipinski definition) is 4. The largest absolute Gasteiger partial charge is 0.448 e. The number of hydrogen-bond donors (Lipinski definition) is 1. The van der Waals surface area contributed by atoms with Crippen LogP contribution in [0, 0.1) is 0 Å². The van der Waals surface area contributed by atoms with E-state index in [-0.39, 0.29) is 0 Å². The van der Waals surface area contributed by atoms with Crippen molar-refractivity contribution >= 4 is 6.09 Å². The highest BCUT2D eigenvalue weighted by atomic mass is 16.5. The number of carbonyl (C=O) groups is 1. The van der Waals surface area contributed by atoms with Gasteiger partial charge in [0.05, 0.1) is 18.5 Å². The van der Waals surface area contributed by atoms with Gasteiger partial charge in [-0.1, -0.05) is 0 Å². The van der Waals surface area contributed by atoms with Gasteiger partial charge in [-0.3, -0.25) is 0 Å². The maximum absolute atomic E-state index is 11.3. The summed E-state index contributed by atoms with van der Waals surface area (Å²) in [5.41, 5.74) is 1.99. The molecule has 1 aromatic rings. The van der Waals surface area contributed by atoms with E-state index in [1.54, 1.807) is 13.1 Å². The molecule has 2 rings (SSSR count). The van der Waals surface area contributed by atoms with Crippen LogP contribution in [-0.2, 0) is 17.8 Å². The third-order valence-electron chi connectivity index (χ3n) is 2.00. The number of rotatable bonds is 1. The Kier molecular flexibility index (Phi) is 2.02. The van der Waals surface area contributed by atoms with Gasteiger partial charge in [-0.15, -0.1) is 0 Å². The summed E-state index contributed by atoms with van der Waals surface area (Å²) in [5.74, 6) is 0. The van der Waals surface area contributed by atoms with E-state index in [2.05, 4.69) is 10.4 Å². The first-order valence-electron chi connectivity index (χ1n) is 4.26. The highest BCUT2D eigenvalue weighted by Gasteiger charge is 2.20. The van der Waals surface area contributed by atoms with Gasteiger partial charge in [0.15, 0.2) is 0 Å². The second kappa shape index (κ2) is 3.18. The number of aromatic nitrogens is 2. The molecule has 5 nitrogen and oxygen atoms in total. The van der Waals surface area contributed by atoms with Crippen LogP contribution in [0.3, 0.4) is 0 Å². The molecule has 0 fully saturated rings. The highest BCUT2D eigenvalue weighted by Crippen LogP contribution is 2.14. The second-order valence-electron chi connectivity index (χ2n) is 2.83. The van der Waals surface area contributed by atoms with E-state index in [9.17, 15) is 4.79 Å². The molecule has 0 saturated carbocycles. The first-order chi connectivity index (χ1) is 6.33. The fourth-order valence-electron chi connectivity index (χ4n) is 1.40. The van der Waals surface area contributed by atoms with Crippen LogP contribution in [-0.4, -0.2) is 22.5 Å². The van der Waals surface area contributed by atoms with Crippen LogP contribution in [0.25, 0.3) is 0 Å². The predicted molar refractivity (Wildman–Crippen MR) is 45.2 cm³/mol. The lowest BCUT2D eigenvalue weighted by Gasteiger charge is -2.02. The van der Waals surface area contributed by atoms with Crippen LogP contribution in [0.5, 0.6) is 0 Å². The van der Waals surface area contributed by atoms with Crippen molar-refractivity contribution in [1.29, 1.82) is 0 Å². The Labute approximate surface area is 75.7 Å². The van der Waals surface area contributed by atoms with E-state index in [1.807, 2.05) is 0 Å². The zero-order valence-corrected chi connectivity index (χ0v) is 7.41. The number of carbonyl (C=O) groups excluding carboxylic acids is 1. The van der Waals surface area contributed by atoms with Crippen LogP contribution in [0.15, 0.2) is 6.20 Å². The van der Waals surface area contributed by atoms with Crippen LogP contribution in [0.1, 0.15) is 18.2 Å². The highest BCUT2D eigenvalue weighted by molar-refractivity contribution is 5.70. The molecule has 0 saturated heterocycles. The Balaban J connectivity index is 2.26. The Morgan fingerprint density at radius 2 is 2.62 bits per heavy atom. The van der Waals surface area contributed by atoms with E-state index in [0.717, 1.165) is 17.8 Å². The van der Waals surface area contributed by atoms with Crippen LogP contribution in [0.2, 0.25) is 0 Å². The van der Waals surface area contributed by atoms with Crippen LogP contribution in [0.4, 0.5) is 4.79 Å². The van der Waals surface area contributed by atoms with Crippen molar-refractivity contribution < 1.29 is 9.53 Å². The first-order valence-corrected chi connectivity index (χ1v) is 4.26. The molecule has 0 aromatic carbocycles. The predicted octanol–water partition coefficient (Wildman–Crippen LogP) is 0.491. The summed E-state index contributed by atoms with van der Waals surface area (Å²) >= 11 is 0. The molecule has 1 N–H and O–H groups in total. The van der Waals surface area contributed by atoms with Crippen molar-refractivity contribution in [2.45, 2.75) is 20.0 Å². The van der Waals surface area contributed by atoms with Gasteiger partial charge in [-0.05, 0) is 6.92 Å². The third kappa shape index (κ3) is 1.31. The summed E-state index contributed by atoms with van der Waals surface area (Å²) in [7, 11) is 0. The topological polar surface area (TPSA) is 56.2 Å². The van der Waals surface area contributed by atoms with E-state index in [1.165, 1.54) is 4.68 Å². The summed E-state index contributed by atoms with van der Waals surface area (Å²) in [6.45, 7) is 3.63. The molecule has 1 aliphatic rings. The smallest absolute Gasteiger partial charge is 0.434 e. The number of nitrogens with one attached hydrogen (secondary N) is 1. The molecular formula is C8H11N3O2. The van der Waals surface area contributed by atoms with E-state index >= 15 is 0 Å². The zero-order chi connectivity index (χ0) is 9.26. The number of nitrogens with zero attached hydrogens (tertiary/aromatic N) is 2. The molecule has 1 aliphatic heterocycles. The lowest BCUT2D eigenvalue weighted by atomic mass is 10.3. The van der Waals surface area contributed by atoms with Crippen molar-refractivity contribution in [3.63, 3.8) is 0 Å². The van der Waals surface area contributed by atoms with E-state index < -0.39 is 6.09 Å². The minimum absolute atomic E-state index is 0.376. The molecule has 0 unspecified atom stereocenters. The van der Waals surface area contributed by atoms with Gasteiger partial charge in [0, 0.05) is 18.7 Å². The summed E-state index contributed by atoms with van der Waals surface area (Å²) < 4.78 is 6.16. The Bertz CT molecular complexity index is 332. The normalized spacial score (nSPS) is 14.2. The minimum atomic E-state index is -0.396. The summed E-state index contributed by atoms with van der Waals surface area (Å²) in [6, 6.07) is 0. The molecule has 13 heavy (non-hydrogen) atoms. The van der Waals surface area contributed by atoms with Gasteiger partial charge >= 0.3 is 6.09 Å². The molecule has 0 amide bonds. The molecule has 0 bridgehead atoms. The molecule has 0 atom stereocenters. The molecule has 2 heterocycles. The van der Waals surface area contributed by atoms with Crippen molar-refractivity contribution in [2.24, 2.45) is 0 Å². The number of ether oxygens (including phenoxy) is 1. The van der Waals surface area contributed by atoms with Gasteiger partial charge in [0.2, 0.25) is 0 Å². The van der Waals surface area contributed by atoms with Gasteiger partial charge in [-0.2, -0.15) is 9.78 Å². The molecule has 0 spiro atoms. The molecule has 0 aliphatic carbocycles. The molecule has 5 heteroatoms. The number of fused-ring (bicyclic) bond motifs is 1. The summed E-state index contributed by atoms with van der Waals surface area (Å²) in [4.78, 5) is 11.3. The fourth-order valence-corrected chi connectivity index (χ4v) is 1.40. The van der Waals surface area contributed by atoms with Gasteiger partial charge in [0.1, 0.15) is 0 Å². The Morgan fingerprint density at radius 1 is 1.77 bits per heavy atom. The lowest BCUT2D eigenvalue weighted by molar-refractivity contribution is 0.149. The Hall–Kier alpha value is -1.36. The second-order valence-corrected chi connectivity index (χ2v) is 2.83. The van der Waals surface area contributed by atoms with E-state index in [4.69, 9.17) is 4.74 Å². The van der Waals surface area contributed by atoms with Crippen molar-refractivity contribution in [3.8, 4) is 0 Å². The SMILES string of the molecule is CCOC(=O)n1ncc2c1CNC2. The monoisotopic (exact) mass is 181 g/mol. The van der Waals surface area contributed by atoms with Crippen LogP contribution >= 0.6 is 0 Å². The van der Waals surface area contributed by atoms with Crippen molar-refractivity contribution in [2.75, 3.05) is 6.61 Å². The molecule has 70 valence electrons.